The smallest absolute Gasteiger partial charge is 0.259 e. The average Bonchev–Trinajstić information content (AvgIpc) is 2.67. The molecule has 7 nitrogen and oxygen atoms in total. The van der Waals surface area contributed by atoms with Crippen molar-refractivity contribution in [3.05, 3.63) is 17.7 Å². The first-order valence-corrected chi connectivity index (χ1v) is 9.28. The fraction of sp³-hybridized carbons (Fsp3) is 0.632. The molecule has 3 atom stereocenters. The molecule has 3 fully saturated rings. The van der Waals surface area contributed by atoms with E-state index in [-0.39, 0.29) is 11.8 Å². The molecular formula is C19H25N3O4. The van der Waals surface area contributed by atoms with Crippen LogP contribution in [-0.4, -0.2) is 66.5 Å². The maximum atomic E-state index is 13.1. The van der Waals surface area contributed by atoms with Gasteiger partial charge in [0.25, 0.3) is 5.91 Å². The fourth-order valence-electron chi connectivity index (χ4n) is 4.80. The number of ether oxygens (including phenoxy) is 2. The zero-order valence-corrected chi connectivity index (χ0v) is 15.3. The first-order valence-electron chi connectivity index (χ1n) is 9.28. The normalized spacial score (nSPS) is 27.8. The number of likely N-dealkylation sites (tertiary alicyclic amines) is 1. The molecule has 1 aromatic rings. The van der Waals surface area contributed by atoms with Gasteiger partial charge < -0.3 is 19.3 Å². The van der Waals surface area contributed by atoms with Gasteiger partial charge in [0.05, 0.1) is 14.2 Å². The molecule has 2 bridgehead atoms. The number of hydrogen-bond acceptors (Lipinski definition) is 5. The van der Waals surface area contributed by atoms with E-state index < -0.39 is 0 Å². The molecule has 3 saturated heterocycles. The molecule has 2 unspecified atom stereocenters. The van der Waals surface area contributed by atoms with Crippen molar-refractivity contribution >= 4 is 11.8 Å². The van der Waals surface area contributed by atoms with Gasteiger partial charge >= 0.3 is 0 Å². The minimum atomic E-state index is -0.0534. The Morgan fingerprint density at radius 3 is 2.81 bits per heavy atom. The first-order chi connectivity index (χ1) is 12.6. The molecule has 140 valence electrons. The van der Waals surface area contributed by atoms with E-state index in [1.807, 2.05) is 4.90 Å². The highest BCUT2D eigenvalue weighted by Crippen LogP contribution is 2.38. The van der Waals surface area contributed by atoms with E-state index in [2.05, 4.69) is 9.88 Å². The van der Waals surface area contributed by atoms with Crippen LogP contribution < -0.4 is 9.47 Å². The lowest BCUT2D eigenvalue weighted by molar-refractivity contribution is -0.144. The maximum absolute atomic E-state index is 13.1. The number of amides is 2. The van der Waals surface area contributed by atoms with Crippen molar-refractivity contribution in [2.45, 2.75) is 31.7 Å². The standard InChI is InChI=1S/C19H25N3O4/c1-25-16-7-6-14(18(20-16)26-2)19(24)21-9-12-8-13(11-21)15-4-3-5-17(23)22(15)10-12/h6-7,12-13,15H,3-5,8-11H2,1-2H3/t12?,13?,15-/m1/s1. The van der Waals surface area contributed by atoms with Crippen LogP contribution in [0.5, 0.6) is 11.8 Å². The molecule has 0 N–H and O–H groups in total. The molecule has 0 aromatic carbocycles. The molecule has 0 radical (unpaired) electrons. The van der Waals surface area contributed by atoms with E-state index in [0.717, 1.165) is 25.8 Å². The molecule has 26 heavy (non-hydrogen) atoms. The summed E-state index contributed by atoms with van der Waals surface area (Å²) in [7, 11) is 3.04. The molecular weight excluding hydrogens is 334 g/mol. The van der Waals surface area contributed by atoms with Crippen LogP contribution in [0.2, 0.25) is 0 Å². The number of carbonyl (C=O) groups is 2. The van der Waals surface area contributed by atoms with Gasteiger partial charge in [0, 0.05) is 38.2 Å². The number of nitrogens with zero attached hydrogens (tertiary/aromatic N) is 3. The molecule has 4 rings (SSSR count). The van der Waals surface area contributed by atoms with Crippen LogP contribution in [0.3, 0.4) is 0 Å². The van der Waals surface area contributed by atoms with Crippen molar-refractivity contribution in [1.29, 1.82) is 0 Å². The number of hydrogen-bond donors (Lipinski definition) is 0. The van der Waals surface area contributed by atoms with E-state index in [9.17, 15) is 9.59 Å². The Hall–Kier alpha value is -2.31. The number of pyridine rings is 1. The summed E-state index contributed by atoms with van der Waals surface area (Å²) in [5, 5.41) is 0. The molecule has 0 aliphatic carbocycles. The van der Waals surface area contributed by atoms with E-state index >= 15 is 0 Å². The molecule has 0 saturated carbocycles. The van der Waals surface area contributed by atoms with Crippen LogP contribution in [-0.2, 0) is 4.79 Å². The zero-order chi connectivity index (χ0) is 18.3. The minimum Gasteiger partial charge on any atom is -0.481 e. The number of piperidine rings is 3. The Balaban J connectivity index is 1.55. The predicted molar refractivity (Wildman–Crippen MR) is 94.2 cm³/mol. The second-order valence-corrected chi connectivity index (χ2v) is 7.49. The van der Waals surface area contributed by atoms with Crippen LogP contribution in [0.25, 0.3) is 0 Å². The van der Waals surface area contributed by atoms with E-state index in [1.54, 1.807) is 12.1 Å². The Morgan fingerprint density at radius 1 is 1.19 bits per heavy atom. The second kappa shape index (κ2) is 6.78. The summed E-state index contributed by atoms with van der Waals surface area (Å²) in [4.78, 5) is 33.6. The fourth-order valence-corrected chi connectivity index (χ4v) is 4.80. The number of aromatic nitrogens is 1. The third-order valence-corrected chi connectivity index (χ3v) is 5.93. The summed E-state index contributed by atoms with van der Waals surface area (Å²) < 4.78 is 10.4. The summed E-state index contributed by atoms with van der Waals surface area (Å²) in [5.41, 5.74) is 0.463. The molecule has 7 heteroatoms. The van der Waals surface area contributed by atoms with Crippen LogP contribution in [0.4, 0.5) is 0 Å². The van der Waals surface area contributed by atoms with Crippen molar-refractivity contribution in [2.75, 3.05) is 33.9 Å². The SMILES string of the molecule is COc1ccc(C(=O)N2CC3CC(C2)[C@H]2CCCC(=O)N2C3)c(OC)n1. The lowest BCUT2D eigenvalue weighted by atomic mass is 9.76. The largest absolute Gasteiger partial charge is 0.481 e. The molecule has 1 aromatic heterocycles. The van der Waals surface area contributed by atoms with Crippen molar-refractivity contribution < 1.29 is 19.1 Å². The van der Waals surface area contributed by atoms with Crippen molar-refractivity contribution in [1.82, 2.24) is 14.8 Å². The van der Waals surface area contributed by atoms with Gasteiger partial charge in [-0.15, -0.1) is 0 Å². The van der Waals surface area contributed by atoms with Gasteiger partial charge in [-0.2, -0.15) is 4.98 Å². The average molecular weight is 359 g/mol. The van der Waals surface area contributed by atoms with Gasteiger partial charge in [-0.3, -0.25) is 9.59 Å². The Kier molecular flexibility index (Phi) is 4.46. The number of rotatable bonds is 3. The Morgan fingerprint density at radius 2 is 2.04 bits per heavy atom. The maximum Gasteiger partial charge on any atom is 0.259 e. The van der Waals surface area contributed by atoms with Gasteiger partial charge in [0.2, 0.25) is 17.7 Å². The monoisotopic (exact) mass is 359 g/mol. The van der Waals surface area contributed by atoms with Gasteiger partial charge in [-0.05, 0) is 37.2 Å². The van der Waals surface area contributed by atoms with Gasteiger partial charge in [-0.25, -0.2) is 0 Å². The van der Waals surface area contributed by atoms with E-state index in [0.29, 0.717) is 54.7 Å². The van der Waals surface area contributed by atoms with Gasteiger partial charge in [0.15, 0.2) is 0 Å². The third kappa shape index (κ3) is 2.89. The van der Waals surface area contributed by atoms with Crippen molar-refractivity contribution in [3.8, 4) is 11.8 Å². The number of methoxy groups -OCH3 is 2. The topological polar surface area (TPSA) is 72.0 Å². The van der Waals surface area contributed by atoms with Crippen LogP contribution in [0.1, 0.15) is 36.0 Å². The lowest BCUT2D eigenvalue weighted by Gasteiger charge is -2.52. The molecule has 3 aliphatic heterocycles. The number of carbonyl (C=O) groups excluding carboxylic acids is 2. The Bertz CT molecular complexity index is 723. The molecule has 2 amide bonds. The van der Waals surface area contributed by atoms with Crippen LogP contribution >= 0.6 is 0 Å². The highest BCUT2D eigenvalue weighted by atomic mass is 16.5. The van der Waals surface area contributed by atoms with E-state index in [1.165, 1.54) is 14.2 Å². The number of fused-ring (bicyclic) bond motifs is 4. The van der Waals surface area contributed by atoms with Crippen molar-refractivity contribution in [2.24, 2.45) is 11.8 Å². The highest BCUT2D eigenvalue weighted by Gasteiger charge is 2.45. The molecule has 4 heterocycles. The molecule has 0 spiro atoms. The Labute approximate surface area is 153 Å². The minimum absolute atomic E-state index is 0.0534. The quantitative estimate of drug-likeness (QED) is 0.819. The van der Waals surface area contributed by atoms with E-state index in [4.69, 9.17) is 9.47 Å². The summed E-state index contributed by atoms with van der Waals surface area (Å²) in [5.74, 6) is 1.67. The summed E-state index contributed by atoms with van der Waals surface area (Å²) >= 11 is 0. The van der Waals surface area contributed by atoms with Gasteiger partial charge in [0.1, 0.15) is 5.56 Å². The lowest BCUT2D eigenvalue weighted by Crippen LogP contribution is -2.61. The summed E-state index contributed by atoms with van der Waals surface area (Å²) in [6, 6.07) is 3.69. The zero-order valence-electron chi connectivity index (χ0n) is 15.3. The second-order valence-electron chi connectivity index (χ2n) is 7.49. The highest BCUT2D eigenvalue weighted by molar-refractivity contribution is 5.96. The summed E-state index contributed by atoms with van der Waals surface area (Å²) in [6.45, 7) is 2.15. The summed E-state index contributed by atoms with van der Waals surface area (Å²) in [6.07, 6.45) is 3.80. The first kappa shape index (κ1) is 17.1. The molecule has 3 aliphatic rings. The third-order valence-electron chi connectivity index (χ3n) is 5.93. The van der Waals surface area contributed by atoms with Crippen LogP contribution in [0, 0.1) is 11.8 Å². The van der Waals surface area contributed by atoms with Gasteiger partial charge in [-0.1, -0.05) is 0 Å². The van der Waals surface area contributed by atoms with Crippen LogP contribution in [0.15, 0.2) is 12.1 Å². The predicted octanol–water partition coefficient (Wildman–Crippen LogP) is 1.57. The van der Waals surface area contributed by atoms with Crippen molar-refractivity contribution in [3.63, 3.8) is 0 Å².